The van der Waals surface area contributed by atoms with Crippen LogP contribution in [-0.2, 0) is 23.0 Å². The van der Waals surface area contributed by atoms with Gasteiger partial charge in [0.25, 0.3) is 0 Å². The van der Waals surface area contributed by atoms with Crippen LogP contribution in [0, 0.1) is 0 Å². The van der Waals surface area contributed by atoms with Crippen LogP contribution in [0.3, 0.4) is 0 Å². The van der Waals surface area contributed by atoms with Gasteiger partial charge in [0.1, 0.15) is 5.76 Å². The van der Waals surface area contributed by atoms with Crippen LogP contribution in [0.4, 0.5) is 0 Å². The summed E-state index contributed by atoms with van der Waals surface area (Å²) in [5, 5.41) is 9.06. The number of hydrogen-bond acceptors (Lipinski definition) is 4. The third-order valence-electron chi connectivity index (χ3n) is 3.34. The van der Waals surface area contributed by atoms with Crippen LogP contribution in [-0.4, -0.2) is 30.8 Å². The van der Waals surface area contributed by atoms with E-state index in [1.54, 1.807) is 12.1 Å². The molecule has 0 saturated heterocycles. The lowest BCUT2D eigenvalue weighted by molar-refractivity contribution is 0.0696. The van der Waals surface area contributed by atoms with E-state index < -0.39 is 16.0 Å². The average molecular weight is 323 g/mol. The normalized spacial score (nSPS) is 11.8. The molecule has 0 amide bonds. The van der Waals surface area contributed by atoms with E-state index in [2.05, 4.69) is 0 Å². The molecule has 1 N–H and O–H groups in total. The summed E-state index contributed by atoms with van der Waals surface area (Å²) in [4.78, 5) is 11.1. The third kappa shape index (κ3) is 3.20. The highest BCUT2D eigenvalue weighted by molar-refractivity contribution is 7.89. The molecule has 22 heavy (non-hydrogen) atoms. The van der Waals surface area contributed by atoms with Crippen molar-refractivity contribution >= 4 is 16.0 Å². The molecule has 0 aliphatic heterocycles. The Morgan fingerprint density at radius 1 is 1.32 bits per heavy atom. The quantitative estimate of drug-likeness (QED) is 0.881. The fraction of sp³-hybridized carbons (Fsp3) is 0.267. The van der Waals surface area contributed by atoms with Crippen LogP contribution < -0.4 is 0 Å². The van der Waals surface area contributed by atoms with Crippen molar-refractivity contribution in [2.45, 2.75) is 24.8 Å². The Morgan fingerprint density at radius 2 is 2.05 bits per heavy atom. The topological polar surface area (TPSA) is 87.8 Å². The highest BCUT2D eigenvalue weighted by Crippen LogP contribution is 2.23. The summed E-state index contributed by atoms with van der Waals surface area (Å²) >= 11 is 0. The molecule has 1 aromatic heterocycles. The molecule has 0 saturated carbocycles. The van der Waals surface area contributed by atoms with E-state index in [-0.39, 0.29) is 17.0 Å². The van der Waals surface area contributed by atoms with E-state index in [0.29, 0.717) is 17.7 Å². The second-order valence-corrected chi connectivity index (χ2v) is 6.83. The van der Waals surface area contributed by atoms with Crippen LogP contribution >= 0.6 is 0 Å². The molecule has 1 heterocycles. The van der Waals surface area contributed by atoms with Crippen LogP contribution in [0.5, 0.6) is 0 Å². The summed E-state index contributed by atoms with van der Waals surface area (Å²) < 4.78 is 31.7. The summed E-state index contributed by atoms with van der Waals surface area (Å²) in [6, 6.07) is 7.51. The van der Waals surface area contributed by atoms with Gasteiger partial charge in [-0.2, -0.15) is 4.31 Å². The number of aromatic carboxylic acids is 1. The van der Waals surface area contributed by atoms with Gasteiger partial charge in [0.15, 0.2) is 0 Å². The summed E-state index contributed by atoms with van der Waals surface area (Å²) in [5.74, 6) is -0.647. The fourth-order valence-corrected chi connectivity index (χ4v) is 3.55. The van der Waals surface area contributed by atoms with E-state index in [4.69, 9.17) is 9.52 Å². The molecule has 6 nitrogen and oxygen atoms in total. The molecule has 0 bridgehead atoms. The number of rotatable bonds is 6. The minimum atomic E-state index is -3.80. The van der Waals surface area contributed by atoms with E-state index >= 15 is 0 Å². The number of aryl methyl sites for hydroxylation is 1. The third-order valence-corrected chi connectivity index (χ3v) is 5.23. The molecule has 0 atom stereocenters. The van der Waals surface area contributed by atoms with Crippen LogP contribution in [0.15, 0.2) is 45.9 Å². The van der Waals surface area contributed by atoms with Gasteiger partial charge >= 0.3 is 5.97 Å². The SMILES string of the molecule is CCc1ccc(C(=O)O)cc1S(=O)(=O)N(C)Cc1ccco1. The van der Waals surface area contributed by atoms with Crippen molar-refractivity contribution in [3.05, 3.63) is 53.5 Å². The lowest BCUT2D eigenvalue weighted by atomic mass is 10.1. The Hall–Kier alpha value is -2.12. The van der Waals surface area contributed by atoms with E-state index in [1.165, 1.54) is 31.5 Å². The van der Waals surface area contributed by atoms with Gasteiger partial charge in [-0.1, -0.05) is 13.0 Å². The van der Waals surface area contributed by atoms with Gasteiger partial charge in [-0.25, -0.2) is 13.2 Å². The smallest absolute Gasteiger partial charge is 0.335 e. The number of nitrogens with zero attached hydrogens (tertiary/aromatic N) is 1. The molecular weight excluding hydrogens is 306 g/mol. The maximum atomic E-state index is 12.7. The van der Waals surface area contributed by atoms with Crippen molar-refractivity contribution in [3.63, 3.8) is 0 Å². The summed E-state index contributed by atoms with van der Waals surface area (Å²) in [5.41, 5.74) is 0.526. The van der Waals surface area contributed by atoms with Gasteiger partial charge < -0.3 is 9.52 Å². The van der Waals surface area contributed by atoms with Crippen LogP contribution in [0.25, 0.3) is 0 Å². The van der Waals surface area contributed by atoms with Crippen molar-refractivity contribution in [2.24, 2.45) is 0 Å². The standard InChI is InChI=1S/C15H17NO5S/c1-3-11-6-7-12(15(17)18)9-14(11)22(19,20)16(2)10-13-5-4-8-21-13/h4-9H,3,10H2,1-2H3,(H,17,18). The van der Waals surface area contributed by atoms with E-state index in [9.17, 15) is 13.2 Å². The molecule has 0 aliphatic rings. The van der Waals surface area contributed by atoms with Gasteiger partial charge in [-0.05, 0) is 36.2 Å². The summed E-state index contributed by atoms with van der Waals surface area (Å²) in [6.45, 7) is 1.90. The number of carboxylic acid groups (broad SMARTS) is 1. The Kier molecular flexibility index (Phi) is 4.68. The fourth-order valence-electron chi connectivity index (χ4n) is 2.09. The number of hydrogen-bond donors (Lipinski definition) is 1. The number of furan rings is 1. The van der Waals surface area contributed by atoms with Crippen molar-refractivity contribution in [1.29, 1.82) is 0 Å². The first-order valence-electron chi connectivity index (χ1n) is 6.71. The zero-order valence-corrected chi connectivity index (χ0v) is 13.1. The second kappa shape index (κ2) is 6.33. The van der Waals surface area contributed by atoms with Crippen LogP contribution in [0.2, 0.25) is 0 Å². The highest BCUT2D eigenvalue weighted by Gasteiger charge is 2.25. The van der Waals surface area contributed by atoms with Crippen molar-refractivity contribution in [1.82, 2.24) is 4.31 Å². The molecule has 0 unspecified atom stereocenters. The molecule has 2 rings (SSSR count). The molecular formula is C15H17NO5S. The maximum absolute atomic E-state index is 12.7. The Balaban J connectivity index is 2.43. The minimum Gasteiger partial charge on any atom is -0.478 e. The zero-order valence-electron chi connectivity index (χ0n) is 12.3. The Labute approximate surface area is 129 Å². The molecule has 118 valence electrons. The maximum Gasteiger partial charge on any atom is 0.335 e. The van der Waals surface area contributed by atoms with Crippen molar-refractivity contribution < 1.29 is 22.7 Å². The monoisotopic (exact) mass is 323 g/mol. The van der Waals surface area contributed by atoms with E-state index in [0.717, 1.165) is 4.31 Å². The second-order valence-electron chi connectivity index (χ2n) is 4.82. The van der Waals surface area contributed by atoms with Crippen molar-refractivity contribution in [2.75, 3.05) is 7.05 Å². The predicted octanol–water partition coefficient (Wildman–Crippen LogP) is 2.36. The van der Waals surface area contributed by atoms with Gasteiger partial charge in [-0.15, -0.1) is 0 Å². The first kappa shape index (κ1) is 16.3. The molecule has 0 fully saturated rings. The number of carbonyl (C=O) groups is 1. The minimum absolute atomic E-state index is 0.0176. The first-order valence-corrected chi connectivity index (χ1v) is 8.15. The average Bonchev–Trinajstić information content (AvgIpc) is 2.99. The lowest BCUT2D eigenvalue weighted by Gasteiger charge is -2.18. The molecule has 0 aliphatic carbocycles. The van der Waals surface area contributed by atoms with Gasteiger partial charge in [-0.3, -0.25) is 0 Å². The zero-order chi connectivity index (χ0) is 16.3. The van der Waals surface area contributed by atoms with Gasteiger partial charge in [0.2, 0.25) is 10.0 Å². The number of sulfonamides is 1. The summed E-state index contributed by atoms with van der Waals surface area (Å²) in [7, 11) is -2.37. The number of carboxylic acids is 1. The molecule has 1 aromatic carbocycles. The Morgan fingerprint density at radius 3 is 2.59 bits per heavy atom. The molecule has 7 heteroatoms. The predicted molar refractivity (Wildman–Crippen MR) is 80.1 cm³/mol. The van der Waals surface area contributed by atoms with Gasteiger partial charge in [0.05, 0.1) is 23.3 Å². The Bertz CT molecular complexity index is 765. The van der Waals surface area contributed by atoms with Gasteiger partial charge in [0, 0.05) is 7.05 Å². The molecule has 2 aromatic rings. The van der Waals surface area contributed by atoms with Crippen LogP contribution in [0.1, 0.15) is 28.6 Å². The first-order chi connectivity index (χ1) is 10.4. The summed E-state index contributed by atoms with van der Waals surface area (Å²) in [6.07, 6.45) is 1.96. The highest BCUT2D eigenvalue weighted by atomic mass is 32.2. The van der Waals surface area contributed by atoms with Crippen molar-refractivity contribution in [3.8, 4) is 0 Å². The number of benzene rings is 1. The molecule has 0 spiro atoms. The lowest BCUT2D eigenvalue weighted by Crippen LogP contribution is -2.27. The largest absolute Gasteiger partial charge is 0.478 e. The van der Waals surface area contributed by atoms with E-state index in [1.807, 2.05) is 6.92 Å². The molecule has 0 radical (unpaired) electrons.